The zero-order valence-electron chi connectivity index (χ0n) is 19.1. The van der Waals surface area contributed by atoms with Crippen LogP contribution in [0.25, 0.3) is 23.0 Å². The number of pyridine rings is 3. The summed E-state index contributed by atoms with van der Waals surface area (Å²) in [4.78, 5) is 20.6. The Kier molecular flexibility index (Phi) is 17.1. The van der Waals surface area contributed by atoms with Gasteiger partial charge in [-0.15, -0.1) is 0 Å². The van der Waals surface area contributed by atoms with Gasteiger partial charge in [-0.05, 0) is 36.4 Å². The monoisotopic (exact) mass is 685 g/mol. The minimum absolute atomic E-state index is 0. The number of aryl methyl sites for hydroxylation is 2. The minimum atomic E-state index is 0. The van der Waals surface area contributed by atoms with Crippen molar-refractivity contribution in [3.8, 4) is 23.0 Å². The van der Waals surface area contributed by atoms with Crippen molar-refractivity contribution < 1.29 is 17.6 Å². The van der Waals surface area contributed by atoms with Gasteiger partial charge < -0.3 is 14.5 Å². The molecule has 8 nitrogen and oxygen atoms in total. The fourth-order valence-corrected chi connectivity index (χ4v) is 2.73. The molecule has 10 heteroatoms. The van der Waals surface area contributed by atoms with E-state index in [4.69, 9.17) is 0 Å². The first-order valence-corrected chi connectivity index (χ1v) is 13.3. The molecule has 0 saturated carbocycles. The third-order valence-electron chi connectivity index (χ3n) is 4.40. The Bertz CT molecular complexity index is 1110. The van der Waals surface area contributed by atoms with Crippen LogP contribution in [0.5, 0.6) is 0 Å². The van der Waals surface area contributed by atoms with Crippen LogP contribution < -0.4 is 5.32 Å². The Morgan fingerprint density at radius 2 is 1.08 bits per heavy atom. The van der Waals surface area contributed by atoms with Crippen LogP contribution >= 0.6 is 9.64 Å². The van der Waals surface area contributed by atoms with Crippen molar-refractivity contribution in [3.63, 3.8) is 0 Å². The zero-order valence-corrected chi connectivity index (χ0v) is 22.4. The van der Waals surface area contributed by atoms with E-state index in [1.54, 1.807) is 37.2 Å². The Labute approximate surface area is 228 Å². The van der Waals surface area contributed by atoms with E-state index in [0.29, 0.717) is 0 Å². The summed E-state index contributed by atoms with van der Waals surface area (Å²) >= 11 is 1.33. The average molecular weight is 684 g/mol. The molecular formula is C26H34ClN8Os. The number of halogens is 1. The zero-order chi connectivity index (χ0) is 24.6. The van der Waals surface area contributed by atoms with Gasteiger partial charge >= 0.3 is 27.2 Å². The van der Waals surface area contributed by atoms with E-state index in [-0.39, 0.29) is 14.9 Å². The second kappa shape index (κ2) is 18.9. The van der Waals surface area contributed by atoms with E-state index in [0.717, 1.165) is 28.7 Å². The van der Waals surface area contributed by atoms with Gasteiger partial charge in [0.1, 0.15) is 11.4 Å². The first kappa shape index (κ1) is 32.6. The molecule has 0 amide bonds. The SMILES string of the molecule is C.C.CNc1ccncc1.Cn1ccnc1-c1ccccn1.Cn1ccnc1-c1ccccn1.[Cl][Os]. The van der Waals surface area contributed by atoms with Crippen LogP contribution in [0.15, 0.2) is 98.1 Å². The van der Waals surface area contributed by atoms with E-state index in [1.807, 2.05) is 91.2 Å². The van der Waals surface area contributed by atoms with E-state index in [9.17, 15) is 0 Å². The summed E-state index contributed by atoms with van der Waals surface area (Å²) in [7, 11) is 10.5. The third-order valence-corrected chi connectivity index (χ3v) is 4.40. The molecule has 0 atom stereocenters. The van der Waals surface area contributed by atoms with Gasteiger partial charge in [0.2, 0.25) is 0 Å². The summed E-state index contributed by atoms with van der Waals surface area (Å²) < 4.78 is 3.89. The number of rotatable bonds is 3. The molecule has 0 aliphatic rings. The fourth-order valence-electron chi connectivity index (χ4n) is 2.73. The molecule has 36 heavy (non-hydrogen) atoms. The molecule has 1 N–H and O–H groups in total. The van der Waals surface area contributed by atoms with Crippen LogP contribution in [-0.2, 0) is 31.7 Å². The maximum atomic E-state index is 4.67. The fraction of sp³-hybridized carbons (Fsp3) is 0.192. The Morgan fingerprint density at radius 1 is 0.639 bits per heavy atom. The Hall–Kier alpha value is -3.40. The molecule has 0 aliphatic carbocycles. The van der Waals surface area contributed by atoms with Gasteiger partial charge in [0.15, 0.2) is 11.6 Å². The van der Waals surface area contributed by atoms with Crippen molar-refractivity contribution in [1.29, 1.82) is 0 Å². The van der Waals surface area contributed by atoms with Crippen molar-refractivity contribution in [3.05, 3.63) is 98.1 Å². The standard InChI is InChI=1S/2C9H9N3.C6H8N2.2CH4.ClH.Os/c2*1-12-7-6-11-9(12)8-4-2-3-5-10-8;1-7-6-2-4-8-5-3-6;;;;/h2*2-7H,1H3;2-5H,1H3,(H,7,8);2*1H4;1H;/q;;;;;;+1/p-1. The average Bonchev–Trinajstić information content (AvgIpc) is 3.55. The first-order chi connectivity index (χ1) is 16.7. The first-order valence-electron chi connectivity index (χ1n) is 10.2. The van der Waals surface area contributed by atoms with Crippen LogP contribution in [0.3, 0.4) is 0 Å². The van der Waals surface area contributed by atoms with Crippen molar-refractivity contribution in [2.75, 3.05) is 12.4 Å². The van der Waals surface area contributed by atoms with Gasteiger partial charge in [-0.3, -0.25) is 15.0 Å². The molecule has 0 aromatic carbocycles. The van der Waals surface area contributed by atoms with Gasteiger partial charge in [-0.25, -0.2) is 9.97 Å². The topological polar surface area (TPSA) is 86.3 Å². The Balaban J connectivity index is 0.000000489. The number of imidazole rings is 2. The molecule has 5 heterocycles. The summed E-state index contributed by atoms with van der Waals surface area (Å²) in [6.45, 7) is 0. The predicted octanol–water partition coefficient (Wildman–Crippen LogP) is 6.05. The number of hydrogen-bond acceptors (Lipinski definition) is 6. The molecule has 193 valence electrons. The van der Waals surface area contributed by atoms with E-state index in [1.165, 1.54) is 17.6 Å². The van der Waals surface area contributed by atoms with Gasteiger partial charge in [-0.2, -0.15) is 0 Å². The summed E-state index contributed by atoms with van der Waals surface area (Å²) in [6.07, 6.45) is 14.4. The van der Waals surface area contributed by atoms with Gasteiger partial charge in [0.25, 0.3) is 0 Å². The number of anilines is 1. The molecule has 5 aromatic rings. The molecule has 0 spiro atoms. The van der Waals surface area contributed by atoms with Gasteiger partial charge in [0.05, 0.1) is 0 Å². The number of hydrogen-bond donors (Lipinski definition) is 1. The normalized spacial score (nSPS) is 8.81. The van der Waals surface area contributed by atoms with Crippen molar-refractivity contribution in [2.45, 2.75) is 14.9 Å². The van der Waals surface area contributed by atoms with Gasteiger partial charge in [-0.1, -0.05) is 27.0 Å². The third kappa shape index (κ3) is 10.5. The van der Waals surface area contributed by atoms with Crippen molar-refractivity contribution in [1.82, 2.24) is 34.1 Å². The summed E-state index contributed by atoms with van der Waals surface area (Å²) in [5.41, 5.74) is 2.91. The maximum absolute atomic E-state index is 4.67. The van der Waals surface area contributed by atoms with Crippen molar-refractivity contribution in [2.24, 2.45) is 14.1 Å². The summed E-state index contributed by atoms with van der Waals surface area (Å²) in [6, 6.07) is 15.4. The van der Waals surface area contributed by atoms with E-state index in [2.05, 4.69) is 39.9 Å². The molecular weight excluding hydrogens is 650 g/mol. The van der Waals surface area contributed by atoms with Gasteiger partial charge in [0, 0.05) is 76.4 Å². The predicted molar refractivity (Wildman–Crippen MR) is 146 cm³/mol. The van der Waals surface area contributed by atoms with Crippen LogP contribution in [0, 0.1) is 0 Å². The van der Waals surface area contributed by atoms with Crippen LogP contribution in [0.4, 0.5) is 5.69 Å². The molecule has 5 rings (SSSR count). The molecule has 0 aliphatic heterocycles. The summed E-state index contributed by atoms with van der Waals surface area (Å²) in [5, 5.41) is 2.99. The molecule has 0 unspecified atom stereocenters. The molecule has 0 radical (unpaired) electrons. The second-order valence-corrected chi connectivity index (χ2v) is 6.64. The number of aromatic nitrogens is 7. The number of nitrogens with one attached hydrogen (secondary N) is 1. The summed E-state index contributed by atoms with van der Waals surface area (Å²) in [5.74, 6) is 1.80. The Morgan fingerprint density at radius 3 is 1.36 bits per heavy atom. The second-order valence-electron chi connectivity index (χ2n) is 6.64. The van der Waals surface area contributed by atoms with Crippen LogP contribution in [-0.4, -0.2) is 41.1 Å². The molecule has 0 saturated heterocycles. The van der Waals surface area contributed by atoms with Crippen LogP contribution in [0.2, 0.25) is 0 Å². The van der Waals surface area contributed by atoms with Crippen molar-refractivity contribution >= 4 is 15.3 Å². The van der Waals surface area contributed by atoms with E-state index >= 15 is 0 Å². The quantitative estimate of drug-likeness (QED) is 0.249. The molecule has 0 bridgehead atoms. The molecule has 5 aromatic heterocycles. The molecule has 0 fully saturated rings. The van der Waals surface area contributed by atoms with Crippen LogP contribution in [0.1, 0.15) is 14.9 Å². The number of nitrogens with zero attached hydrogens (tertiary/aromatic N) is 7. The van der Waals surface area contributed by atoms with E-state index < -0.39 is 0 Å².